The van der Waals surface area contributed by atoms with Gasteiger partial charge >= 0.3 is 5.97 Å². The van der Waals surface area contributed by atoms with Gasteiger partial charge in [0.25, 0.3) is 0 Å². The fraction of sp³-hybridized carbons (Fsp3) is 0.161. The Hall–Kier alpha value is -3.83. The molecular formula is C31H28O4S. The second-order valence-corrected chi connectivity index (χ2v) is 10.2. The van der Waals surface area contributed by atoms with Crippen LogP contribution in [0.25, 0.3) is 0 Å². The molecule has 4 nitrogen and oxygen atoms in total. The molecule has 4 aromatic carbocycles. The van der Waals surface area contributed by atoms with Crippen molar-refractivity contribution < 1.29 is 19.4 Å². The van der Waals surface area contributed by atoms with Gasteiger partial charge in [-0.05, 0) is 104 Å². The molecule has 0 fully saturated rings. The predicted octanol–water partition coefficient (Wildman–Crippen LogP) is 7.40. The van der Waals surface area contributed by atoms with E-state index in [-0.39, 0.29) is 0 Å². The molecule has 0 amide bonds. The molecule has 4 rings (SSSR count). The summed E-state index contributed by atoms with van der Waals surface area (Å²) in [5.41, 5.74) is 6.90. The number of phenols is 1. The van der Waals surface area contributed by atoms with E-state index in [2.05, 4.69) is 0 Å². The Bertz CT molecular complexity index is 1370. The van der Waals surface area contributed by atoms with Crippen LogP contribution in [0.2, 0.25) is 0 Å². The normalized spacial score (nSPS) is 10.8. The minimum atomic E-state index is -0.398. The number of rotatable bonds is 7. The first kappa shape index (κ1) is 25.3. The van der Waals surface area contributed by atoms with Gasteiger partial charge < -0.3 is 9.84 Å². The van der Waals surface area contributed by atoms with Gasteiger partial charge in [-0.1, -0.05) is 48.2 Å². The molecule has 36 heavy (non-hydrogen) atoms. The summed E-state index contributed by atoms with van der Waals surface area (Å²) in [6.45, 7) is 7.70. The summed E-state index contributed by atoms with van der Waals surface area (Å²) in [4.78, 5) is 25.7. The van der Waals surface area contributed by atoms with Gasteiger partial charge in [0.1, 0.15) is 17.8 Å². The van der Waals surface area contributed by atoms with Crippen LogP contribution in [0.15, 0.2) is 82.6 Å². The minimum Gasteiger partial charge on any atom is -0.507 e. The zero-order valence-electron chi connectivity index (χ0n) is 20.8. The zero-order chi connectivity index (χ0) is 25.8. The maximum absolute atomic E-state index is 12.9. The second kappa shape index (κ2) is 10.8. The van der Waals surface area contributed by atoms with E-state index >= 15 is 0 Å². The van der Waals surface area contributed by atoms with Crippen LogP contribution in [0, 0.1) is 27.7 Å². The zero-order valence-corrected chi connectivity index (χ0v) is 21.6. The van der Waals surface area contributed by atoms with Crippen LogP contribution >= 0.6 is 11.8 Å². The Kier molecular flexibility index (Phi) is 7.61. The Balaban J connectivity index is 1.45. The van der Waals surface area contributed by atoms with E-state index in [1.807, 2.05) is 76.2 Å². The smallest absolute Gasteiger partial charge is 0.343 e. The molecule has 0 aliphatic rings. The van der Waals surface area contributed by atoms with Crippen LogP contribution in [0.4, 0.5) is 0 Å². The van der Waals surface area contributed by atoms with Gasteiger partial charge in [0.2, 0.25) is 0 Å². The monoisotopic (exact) mass is 496 g/mol. The van der Waals surface area contributed by atoms with Crippen molar-refractivity contribution in [3.63, 3.8) is 0 Å². The summed E-state index contributed by atoms with van der Waals surface area (Å²) in [7, 11) is 0. The van der Waals surface area contributed by atoms with E-state index in [9.17, 15) is 14.7 Å². The molecule has 0 radical (unpaired) electrons. The lowest BCUT2D eigenvalue weighted by molar-refractivity contribution is 0.0732. The van der Waals surface area contributed by atoms with Crippen LogP contribution in [-0.4, -0.2) is 17.4 Å². The highest BCUT2D eigenvalue weighted by Crippen LogP contribution is 2.30. The third-order valence-electron chi connectivity index (χ3n) is 6.02. The summed E-state index contributed by atoms with van der Waals surface area (Å²) in [6.07, 6.45) is 1.55. The molecule has 0 heterocycles. The fourth-order valence-electron chi connectivity index (χ4n) is 4.25. The highest BCUT2D eigenvalue weighted by molar-refractivity contribution is 7.99. The molecule has 1 N–H and O–H groups in total. The molecule has 0 aliphatic heterocycles. The second-order valence-electron chi connectivity index (χ2n) is 9.02. The quantitative estimate of drug-likeness (QED) is 0.164. The standard InChI is InChI=1S/C31H28O4S/c1-19-13-24(14-20(2)29(19)33)17-25-15-21(3)30(22(4)16-25)35-31(34)26-7-11-28(12-8-26)36-27-9-5-23(18-32)6-10-27/h5-16,18,33H,17H2,1-4H3. The molecule has 0 atom stereocenters. The first-order chi connectivity index (χ1) is 17.2. The van der Waals surface area contributed by atoms with Crippen LogP contribution < -0.4 is 4.74 Å². The van der Waals surface area contributed by atoms with Crippen molar-refractivity contribution in [3.8, 4) is 11.5 Å². The van der Waals surface area contributed by atoms with Crippen molar-refractivity contribution in [2.24, 2.45) is 0 Å². The van der Waals surface area contributed by atoms with Crippen molar-refractivity contribution in [1.29, 1.82) is 0 Å². The molecule has 0 saturated heterocycles. The van der Waals surface area contributed by atoms with Gasteiger partial charge in [-0.25, -0.2) is 4.79 Å². The number of hydrogen-bond donors (Lipinski definition) is 1. The molecule has 0 unspecified atom stereocenters. The molecule has 0 aliphatic carbocycles. The topological polar surface area (TPSA) is 63.6 Å². The highest BCUT2D eigenvalue weighted by Gasteiger charge is 2.14. The number of benzene rings is 4. The van der Waals surface area contributed by atoms with E-state index in [0.29, 0.717) is 22.6 Å². The van der Waals surface area contributed by atoms with Crippen LogP contribution in [0.3, 0.4) is 0 Å². The van der Waals surface area contributed by atoms with Crippen molar-refractivity contribution >= 4 is 24.0 Å². The van der Waals surface area contributed by atoms with Crippen molar-refractivity contribution in [2.75, 3.05) is 0 Å². The van der Waals surface area contributed by atoms with Gasteiger partial charge in [0.15, 0.2) is 0 Å². The Labute approximate surface area is 216 Å². The van der Waals surface area contributed by atoms with Crippen molar-refractivity contribution in [1.82, 2.24) is 0 Å². The first-order valence-electron chi connectivity index (χ1n) is 11.7. The predicted molar refractivity (Wildman–Crippen MR) is 144 cm³/mol. The van der Waals surface area contributed by atoms with Crippen molar-refractivity contribution in [3.05, 3.63) is 117 Å². The Morgan fingerprint density at radius 1 is 0.778 bits per heavy atom. The summed E-state index contributed by atoms with van der Waals surface area (Å²) in [5, 5.41) is 10.0. The largest absolute Gasteiger partial charge is 0.507 e. The third kappa shape index (κ3) is 5.86. The number of aldehydes is 1. The molecule has 4 aromatic rings. The summed E-state index contributed by atoms with van der Waals surface area (Å²) < 4.78 is 5.79. The number of hydrogen-bond acceptors (Lipinski definition) is 5. The van der Waals surface area contributed by atoms with E-state index in [1.165, 1.54) is 0 Å². The maximum Gasteiger partial charge on any atom is 0.343 e. The van der Waals surface area contributed by atoms with Gasteiger partial charge in [0, 0.05) is 15.4 Å². The fourth-order valence-corrected chi connectivity index (χ4v) is 5.06. The average Bonchev–Trinajstić information content (AvgIpc) is 2.85. The molecule has 5 heteroatoms. The first-order valence-corrected chi connectivity index (χ1v) is 12.5. The number of esters is 1. The van der Waals surface area contributed by atoms with Gasteiger partial charge in [-0.15, -0.1) is 0 Å². The molecule has 0 spiro atoms. The lowest BCUT2D eigenvalue weighted by Crippen LogP contribution is -2.10. The maximum atomic E-state index is 12.9. The number of aryl methyl sites for hydroxylation is 4. The lowest BCUT2D eigenvalue weighted by Gasteiger charge is -2.14. The minimum absolute atomic E-state index is 0.341. The van der Waals surface area contributed by atoms with Crippen molar-refractivity contribution in [2.45, 2.75) is 43.9 Å². The number of aromatic hydroxyl groups is 1. The molecular weight excluding hydrogens is 468 g/mol. The molecule has 0 aromatic heterocycles. The summed E-state index contributed by atoms with van der Waals surface area (Å²) >= 11 is 1.56. The van der Waals surface area contributed by atoms with Gasteiger partial charge in [-0.3, -0.25) is 4.79 Å². The van der Waals surface area contributed by atoms with Crippen LogP contribution in [0.1, 0.15) is 54.1 Å². The third-order valence-corrected chi connectivity index (χ3v) is 7.03. The Morgan fingerprint density at radius 3 is 1.75 bits per heavy atom. The van der Waals surface area contributed by atoms with E-state index in [4.69, 9.17) is 4.74 Å². The van der Waals surface area contributed by atoms with E-state index in [1.54, 1.807) is 36.0 Å². The van der Waals surface area contributed by atoms with E-state index < -0.39 is 5.97 Å². The number of phenolic OH excluding ortho intramolecular Hbond substituents is 1. The SMILES string of the molecule is Cc1cc(Cc2cc(C)c(OC(=O)c3ccc(Sc4ccc(C=O)cc4)cc3)c(C)c2)cc(C)c1O. The van der Waals surface area contributed by atoms with Crippen LogP contribution in [-0.2, 0) is 6.42 Å². The van der Waals surface area contributed by atoms with E-state index in [0.717, 1.165) is 55.9 Å². The average molecular weight is 497 g/mol. The summed E-state index contributed by atoms with van der Waals surface area (Å²) in [6, 6.07) is 22.8. The highest BCUT2D eigenvalue weighted by atomic mass is 32.2. The van der Waals surface area contributed by atoms with Gasteiger partial charge in [-0.2, -0.15) is 0 Å². The number of carbonyl (C=O) groups excluding carboxylic acids is 2. The molecule has 182 valence electrons. The lowest BCUT2D eigenvalue weighted by atomic mass is 9.97. The summed E-state index contributed by atoms with van der Waals surface area (Å²) in [5.74, 6) is 0.523. The number of carbonyl (C=O) groups is 2. The molecule has 0 bridgehead atoms. The van der Waals surface area contributed by atoms with Crippen LogP contribution in [0.5, 0.6) is 11.5 Å². The molecule has 0 saturated carbocycles. The number of ether oxygens (including phenoxy) is 1. The Morgan fingerprint density at radius 2 is 1.25 bits per heavy atom. The van der Waals surface area contributed by atoms with Gasteiger partial charge in [0.05, 0.1) is 5.56 Å².